The third-order valence-electron chi connectivity index (χ3n) is 3.15. The molecule has 104 valence electrons. The van der Waals surface area contributed by atoms with Crippen LogP contribution in [0.4, 0.5) is 14.9 Å². The van der Waals surface area contributed by atoms with E-state index < -0.39 is 0 Å². The van der Waals surface area contributed by atoms with Crippen molar-refractivity contribution in [1.82, 2.24) is 4.90 Å². The Bertz CT molecular complexity index is 418. The zero-order chi connectivity index (χ0) is 13.7. The molecule has 0 heterocycles. The Labute approximate surface area is 112 Å². The van der Waals surface area contributed by atoms with Gasteiger partial charge in [0.1, 0.15) is 5.82 Å². The number of carbonyl (C=O) groups excluding carboxylic acids is 1. The van der Waals surface area contributed by atoms with Gasteiger partial charge < -0.3 is 15.3 Å². The zero-order valence-corrected chi connectivity index (χ0v) is 10.8. The number of hydrogen-bond acceptors (Lipinski definition) is 2. The van der Waals surface area contributed by atoms with E-state index >= 15 is 0 Å². The fraction of sp³-hybridized carbons (Fsp3) is 0.500. The van der Waals surface area contributed by atoms with Crippen molar-refractivity contribution in [1.29, 1.82) is 0 Å². The van der Waals surface area contributed by atoms with Crippen LogP contribution in [0.15, 0.2) is 24.3 Å². The molecular formula is C14H19FN2O2. The highest BCUT2D eigenvalue weighted by Crippen LogP contribution is 2.27. The standard InChI is InChI=1S/C14H19FN2O2/c15-11-3-5-12(6-4-11)16-14(19)17(13-7-8-13)9-1-2-10-18/h3-6,13,18H,1-2,7-10H2,(H,16,19). The smallest absolute Gasteiger partial charge is 0.322 e. The third-order valence-corrected chi connectivity index (χ3v) is 3.15. The number of anilines is 1. The number of halogens is 1. The number of urea groups is 1. The van der Waals surface area contributed by atoms with E-state index in [2.05, 4.69) is 5.32 Å². The maximum atomic E-state index is 12.8. The molecule has 2 rings (SSSR count). The summed E-state index contributed by atoms with van der Waals surface area (Å²) in [5, 5.41) is 11.6. The molecule has 1 aliphatic rings. The van der Waals surface area contributed by atoms with E-state index in [1.54, 1.807) is 17.0 Å². The van der Waals surface area contributed by atoms with E-state index in [-0.39, 0.29) is 18.5 Å². The summed E-state index contributed by atoms with van der Waals surface area (Å²) in [6, 6.07) is 5.91. The number of nitrogens with one attached hydrogen (secondary N) is 1. The van der Waals surface area contributed by atoms with Crippen molar-refractivity contribution in [3.63, 3.8) is 0 Å². The Kier molecular flexibility index (Phi) is 4.74. The average Bonchev–Trinajstić information content (AvgIpc) is 3.22. The van der Waals surface area contributed by atoms with Gasteiger partial charge in [0.15, 0.2) is 0 Å². The number of carbonyl (C=O) groups is 1. The van der Waals surface area contributed by atoms with Gasteiger partial charge in [-0.25, -0.2) is 9.18 Å². The van der Waals surface area contributed by atoms with Crippen LogP contribution >= 0.6 is 0 Å². The van der Waals surface area contributed by atoms with Crippen LogP contribution in [0.25, 0.3) is 0 Å². The Morgan fingerprint density at radius 3 is 2.58 bits per heavy atom. The minimum atomic E-state index is -0.319. The maximum Gasteiger partial charge on any atom is 0.322 e. The topological polar surface area (TPSA) is 52.6 Å². The fourth-order valence-electron chi connectivity index (χ4n) is 1.96. The molecule has 2 amide bonds. The van der Waals surface area contributed by atoms with Gasteiger partial charge in [-0.3, -0.25) is 0 Å². The highest BCUT2D eigenvalue weighted by atomic mass is 19.1. The van der Waals surface area contributed by atoms with E-state index in [1.165, 1.54) is 12.1 Å². The minimum Gasteiger partial charge on any atom is -0.396 e. The van der Waals surface area contributed by atoms with Crippen LogP contribution in [-0.2, 0) is 0 Å². The molecule has 2 N–H and O–H groups in total. The lowest BCUT2D eigenvalue weighted by Gasteiger charge is -2.22. The molecule has 1 aliphatic carbocycles. The van der Waals surface area contributed by atoms with Gasteiger partial charge >= 0.3 is 6.03 Å². The average molecular weight is 266 g/mol. The summed E-state index contributed by atoms with van der Waals surface area (Å²) in [5.41, 5.74) is 0.596. The lowest BCUT2D eigenvalue weighted by Crippen LogP contribution is -2.37. The number of unbranched alkanes of at least 4 members (excludes halogenated alkanes) is 1. The summed E-state index contributed by atoms with van der Waals surface area (Å²) < 4.78 is 12.8. The molecule has 0 bridgehead atoms. The summed E-state index contributed by atoms with van der Waals surface area (Å²) in [7, 11) is 0. The summed E-state index contributed by atoms with van der Waals surface area (Å²) in [4.78, 5) is 13.9. The van der Waals surface area contributed by atoms with E-state index in [4.69, 9.17) is 5.11 Å². The van der Waals surface area contributed by atoms with Crippen LogP contribution in [0.5, 0.6) is 0 Å². The van der Waals surface area contributed by atoms with E-state index in [0.717, 1.165) is 19.3 Å². The Hall–Kier alpha value is -1.62. The van der Waals surface area contributed by atoms with E-state index in [9.17, 15) is 9.18 Å². The molecule has 1 fully saturated rings. The van der Waals surface area contributed by atoms with Crippen LogP contribution < -0.4 is 5.32 Å². The molecule has 4 nitrogen and oxygen atoms in total. The first kappa shape index (κ1) is 13.8. The molecule has 19 heavy (non-hydrogen) atoms. The predicted octanol–water partition coefficient (Wildman–Crippen LogP) is 2.59. The lowest BCUT2D eigenvalue weighted by atomic mass is 10.3. The molecule has 0 aromatic heterocycles. The van der Waals surface area contributed by atoms with Crippen molar-refractivity contribution in [3.8, 4) is 0 Å². The molecular weight excluding hydrogens is 247 g/mol. The Morgan fingerprint density at radius 1 is 1.32 bits per heavy atom. The molecule has 0 radical (unpaired) electrons. The van der Waals surface area contributed by atoms with Crippen molar-refractivity contribution < 1.29 is 14.3 Å². The molecule has 5 heteroatoms. The van der Waals surface area contributed by atoms with Gasteiger partial charge in [0.2, 0.25) is 0 Å². The number of rotatable bonds is 6. The molecule has 0 saturated heterocycles. The number of benzene rings is 1. The molecule has 1 aromatic carbocycles. The van der Waals surface area contributed by atoms with E-state index in [0.29, 0.717) is 24.7 Å². The van der Waals surface area contributed by atoms with Gasteiger partial charge in [-0.1, -0.05) is 0 Å². The second-order valence-corrected chi connectivity index (χ2v) is 4.79. The number of nitrogens with zero attached hydrogens (tertiary/aromatic N) is 1. The van der Waals surface area contributed by atoms with Crippen LogP contribution in [-0.4, -0.2) is 35.2 Å². The summed E-state index contributed by atoms with van der Waals surface area (Å²) in [6.07, 6.45) is 3.57. The van der Waals surface area contributed by atoms with Crippen LogP contribution in [0, 0.1) is 5.82 Å². The second-order valence-electron chi connectivity index (χ2n) is 4.79. The highest BCUT2D eigenvalue weighted by molar-refractivity contribution is 5.89. The number of aliphatic hydroxyl groups excluding tert-OH is 1. The lowest BCUT2D eigenvalue weighted by molar-refractivity contribution is 0.204. The molecule has 0 aliphatic heterocycles. The quantitative estimate of drug-likeness (QED) is 0.778. The van der Waals surface area contributed by atoms with Crippen molar-refractivity contribution in [2.75, 3.05) is 18.5 Å². The van der Waals surface area contributed by atoms with Crippen LogP contribution in [0.2, 0.25) is 0 Å². The number of amides is 2. The van der Waals surface area contributed by atoms with Gasteiger partial charge in [-0.05, 0) is 49.9 Å². The monoisotopic (exact) mass is 266 g/mol. The first-order valence-electron chi connectivity index (χ1n) is 6.65. The van der Waals surface area contributed by atoms with Crippen molar-refractivity contribution >= 4 is 11.7 Å². The Balaban J connectivity index is 1.89. The summed E-state index contributed by atoms with van der Waals surface area (Å²) >= 11 is 0. The van der Waals surface area contributed by atoms with Crippen molar-refractivity contribution in [3.05, 3.63) is 30.1 Å². The predicted molar refractivity (Wildman–Crippen MR) is 71.5 cm³/mol. The number of hydrogen-bond donors (Lipinski definition) is 2. The summed E-state index contributed by atoms with van der Waals surface area (Å²) in [6.45, 7) is 0.802. The normalized spacial score (nSPS) is 14.2. The first-order valence-corrected chi connectivity index (χ1v) is 6.65. The Morgan fingerprint density at radius 2 is 2.00 bits per heavy atom. The van der Waals surface area contributed by atoms with Gasteiger partial charge in [0, 0.05) is 24.9 Å². The van der Waals surface area contributed by atoms with Gasteiger partial charge in [0.05, 0.1) is 0 Å². The van der Waals surface area contributed by atoms with Crippen molar-refractivity contribution in [2.45, 2.75) is 31.7 Å². The zero-order valence-electron chi connectivity index (χ0n) is 10.8. The molecule has 0 atom stereocenters. The third kappa shape index (κ3) is 4.21. The van der Waals surface area contributed by atoms with Gasteiger partial charge in [-0.15, -0.1) is 0 Å². The largest absolute Gasteiger partial charge is 0.396 e. The molecule has 1 aromatic rings. The van der Waals surface area contributed by atoms with Crippen LogP contribution in [0.3, 0.4) is 0 Å². The van der Waals surface area contributed by atoms with E-state index in [1.807, 2.05) is 0 Å². The number of aliphatic hydroxyl groups is 1. The maximum absolute atomic E-state index is 12.8. The molecule has 1 saturated carbocycles. The first-order chi connectivity index (χ1) is 9.20. The minimum absolute atomic E-state index is 0.146. The highest BCUT2D eigenvalue weighted by Gasteiger charge is 2.32. The molecule has 0 unspecified atom stereocenters. The SMILES string of the molecule is O=C(Nc1ccc(F)cc1)N(CCCCO)C1CC1. The molecule has 0 spiro atoms. The second kappa shape index (κ2) is 6.52. The summed E-state index contributed by atoms with van der Waals surface area (Å²) in [5.74, 6) is -0.319. The van der Waals surface area contributed by atoms with Crippen molar-refractivity contribution in [2.24, 2.45) is 0 Å². The van der Waals surface area contributed by atoms with Crippen LogP contribution in [0.1, 0.15) is 25.7 Å². The van der Waals surface area contributed by atoms with Gasteiger partial charge in [0.25, 0.3) is 0 Å². The van der Waals surface area contributed by atoms with Gasteiger partial charge in [-0.2, -0.15) is 0 Å². The fourth-order valence-corrected chi connectivity index (χ4v) is 1.96.